The molecule has 5 aliphatic heterocycles. The van der Waals surface area contributed by atoms with Crippen LogP contribution in [0.25, 0.3) is 0 Å². The lowest BCUT2D eigenvalue weighted by Gasteiger charge is -2.57. The Labute approximate surface area is 406 Å². The number of para-hydroxylation sites is 1. The van der Waals surface area contributed by atoms with Gasteiger partial charge in [0.2, 0.25) is 0 Å². The summed E-state index contributed by atoms with van der Waals surface area (Å²) in [7, 11) is 0. The quantitative estimate of drug-likeness (QED) is 0.0824. The Bertz CT molecular complexity index is 2410. The van der Waals surface area contributed by atoms with Gasteiger partial charge in [-0.25, -0.2) is 14.0 Å². The average Bonchev–Trinajstić information content (AvgIpc) is 3.25. The van der Waals surface area contributed by atoms with Crippen molar-refractivity contribution in [1.82, 2.24) is 31.9 Å². The summed E-state index contributed by atoms with van der Waals surface area (Å²) >= 11 is 0. The van der Waals surface area contributed by atoms with Crippen LogP contribution in [0.5, 0.6) is 17.2 Å². The zero-order valence-electron chi connectivity index (χ0n) is 37.9. The summed E-state index contributed by atoms with van der Waals surface area (Å²) in [4.78, 5) is 26.0. The number of rotatable bonds is 13. The Morgan fingerprint density at radius 1 is 0.616 bits per heavy atom. The topological polar surface area (TPSA) is 174 Å². The molecule has 8 rings (SSSR count). The largest absolute Gasteiger partial charge is 0.573 e. The number of urea groups is 2. The van der Waals surface area contributed by atoms with Crippen LogP contribution in [0.3, 0.4) is 0 Å². The predicted octanol–water partition coefficient (Wildman–Crippen LogP) is 8.17. The van der Waals surface area contributed by atoms with E-state index in [-0.39, 0.29) is 43.8 Å². The van der Waals surface area contributed by atoms with E-state index in [1.165, 1.54) is 30.3 Å². The van der Waals surface area contributed by atoms with Crippen LogP contribution in [0.2, 0.25) is 0 Å². The lowest BCUT2D eigenvalue weighted by Crippen LogP contribution is -2.68. The van der Waals surface area contributed by atoms with Crippen molar-refractivity contribution >= 4 is 17.7 Å². The van der Waals surface area contributed by atoms with Gasteiger partial charge in [0.1, 0.15) is 23.1 Å². The molecule has 5 aliphatic rings. The molecule has 28 heteroatoms. The summed E-state index contributed by atoms with van der Waals surface area (Å²) in [5.41, 5.74) is -7.92. The fourth-order valence-corrected chi connectivity index (χ4v) is 9.57. The number of alkyl halides is 12. The molecule has 7 N–H and O–H groups in total. The van der Waals surface area contributed by atoms with Gasteiger partial charge in [-0.15, -0.1) is 26.3 Å². The molecular weight excluding hydrogens is 1010 g/mol. The molecule has 5 fully saturated rings. The van der Waals surface area contributed by atoms with Gasteiger partial charge in [-0.05, 0) is 88.0 Å². The van der Waals surface area contributed by atoms with Crippen molar-refractivity contribution in [1.29, 1.82) is 0 Å². The predicted molar refractivity (Wildman–Crippen MR) is 227 cm³/mol. The molecule has 0 aliphatic carbocycles. The van der Waals surface area contributed by atoms with E-state index < -0.39 is 139 Å². The highest BCUT2D eigenvalue weighted by atomic mass is 19.4. The molecule has 402 valence electrons. The molecule has 0 saturated carbocycles. The van der Waals surface area contributed by atoms with Crippen LogP contribution in [0.1, 0.15) is 62.5 Å². The van der Waals surface area contributed by atoms with Crippen LogP contribution in [0, 0.1) is 5.82 Å². The Morgan fingerprint density at radius 3 is 1.75 bits per heavy atom. The van der Waals surface area contributed by atoms with Gasteiger partial charge in [0.15, 0.2) is 23.7 Å². The molecule has 4 amide bonds. The van der Waals surface area contributed by atoms with E-state index in [4.69, 9.17) is 18.9 Å². The van der Waals surface area contributed by atoms with Gasteiger partial charge in [-0.1, -0.05) is 24.3 Å². The number of hydrogen-bond acceptors (Lipinski definition) is 11. The standard InChI is InChI=1S/C45H48F13N7O8/c46-23-12-14-32(69-37-29(9-4-17-60-37)63-38(66)62-24-6-3-7-25(19-24)70-44(53,54)55)28(18-23)41(43(50,51)52)21-34(73-41)33-20-40(72-33,42(47,48)49)27-8-1-2-11-31(27)68-36-30(10-5-16-59-36)64-39(67)65-35-15-13-26(22-61-35)71-45(56,57)58/h1-3,6-8,11-12,14,18-19,26,29-30,33-37,59-61H,4-5,9-10,13,15-17,20-22H2,(H2,62,63,66)(H2,64,65,67). The van der Waals surface area contributed by atoms with Crippen molar-refractivity contribution in [3.8, 4) is 17.2 Å². The second-order valence-corrected chi connectivity index (χ2v) is 18.0. The van der Waals surface area contributed by atoms with E-state index >= 15 is 26.3 Å². The molecule has 15 nitrogen and oxygen atoms in total. The van der Waals surface area contributed by atoms with Crippen LogP contribution in [-0.4, -0.2) is 106 Å². The number of carbonyl (C=O) groups excluding carboxylic acids is 2. The smallest absolute Gasteiger partial charge is 0.473 e. The molecule has 10 unspecified atom stereocenters. The van der Waals surface area contributed by atoms with Crippen LogP contribution in [-0.2, 0) is 25.4 Å². The van der Waals surface area contributed by atoms with Crippen LogP contribution in [0.4, 0.5) is 72.4 Å². The lowest BCUT2D eigenvalue weighted by atomic mass is 9.73. The summed E-state index contributed by atoms with van der Waals surface area (Å²) in [6.45, 7) is 0.371. The number of ether oxygens (including phenoxy) is 6. The van der Waals surface area contributed by atoms with Crippen molar-refractivity contribution in [2.24, 2.45) is 0 Å². The molecule has 5 heterocycles. The summed E-state index contributed by atoms with van der Waals surface area (Å²) in [5, 5.41) is 18.9. The van der Waals surface area contributed by atoms with Gasteiger partial charge >= 0.3 is 37.1 Å². The van der Waals surface area contributed by atoms with Crippen molar-refractivity contribution in [2.45, 2.75) is 137 Å². The Balaban J connectivity index is 0.929. The molecule has 73 heavy (non-hydrogen) atoms. The zero-order valence-corrected chi connectivity index (χ0v) is 37.9. The molecule has 0 spiro atoms. The number of anilines is 1. The summed E-state index contributed by atoms with van der Waals surface area (Å²) in [6, 6.07) is 8.04. The first kappa shape index (κ1) is 53.7. The zero-order chi connectivity index (χ0) is 52.6. The minimum absolute atomic E-state index is 0.0177. The number of halogens is 13. The SMILES string of the molecule is O=C(Nc1cccc(OC(F)(F)F)c1)NC1CCCNC1Oc1ccc(F)cc1C1(C(F)(F)F)CC(C2CC(c3ccccc3OC3NCCCC3NC(=O)NC3CCC(OC(F)(F)F)CN3)(C(F)(F)F)O2)O1. The fourth-order valence-electron chi connectivity index (χ4n) is 9.57. The van der Waals surface area contributed by atoms with E-state index in [9.17, 15) is 40.3 Å². The van der Waals surface area contributed by atoms with Gasteiger partial charge in [0, 0.05) is 42.3 Å². The summed E-state index contributed by atoms with van der Waals surface area (Å²) in [5.74, 6) is -2.65. The number of amides is 4. The van der Waals surface area contributed by atoms with E-state index in [0.717, 1.165) is 30.3 Å². The summed E-state index contributed by atoms with van der Waals surface area (Å²) in [6.07, 6.45) is -28.3. The van der Waals surface area contributed by atoms with Crippen LogP contribution >= 0.6 is 0 Å². The molecule has 0 radical (unpaired) electrons. The van der Waals surface area contributed by atoms with Gasteiger partial charge in [0.25, 0.3) is 0 Å². The van der Waals surface area contributed by atoms with Gasteiger partial charge in [0.05, 0.1) is 36.6 Å². The number of hydrogen-bond donors (Lipinski definition) is 7. The van der Waals surface area contributed by atoms with Crippen molar-refractivity contribution in [3.63, 3.8) is 0 Å². The molecule has 3 aromatic carbocycles. The van der Waals surface area contributed by atoms with Crippen LogP contribution < -0.4 is 51.4 Å². The monoisotopic (exact) mass is 1060 g/mol. The Kier molecular flexibility index (Phi) is 15.5. The first-order valence-corrected chi connectivity index (χ1v) is 23.0. The molecular formula is C45H48F13N7O8. The van der Waals surface area contributed by atoms with Gasteiger partial charge in [-0.3, -0.25) is 20.7 Å². The molecule has 0 bridgehead atoms. The highest BCUT2D eigenvalue weighted by Gasteiger charge is 2.73. The fraction of sp³-hybridized carbons (Fsp3) is 0.556. The minimum Gasteiger partial charge on any atom is -0.473 e. The maximum atomic E-state index is 15.3. The second kappa shape index (κ2) is 21.0. The Hall–Kier alpha value is -5.55. The Morgan fingerprint density at radius 2 is 1.19 bits per heavy atom. The third-order valence-corrected chi connectivity index (χ3v) is 13.0. The first-order chi connectivity index (χ1) is 34.3. The molecule has 0 aromatic heterocycles. The number of carbonyl (C=O) groups is 2. The van der Waals surface area contributed by atoms with Crippen molar-refractivity contribution < 1.29 is 95.1 Å². The normalized spacial score (nSPS) is 29.9. The highest BCUT2D eigenvalue weighted by molar-refractivity contribution is 5.89. The van der Waals surface area contributed by atoms with Crippen molar-refractivity contribution in [2.75, 3.05) is 25.0 Å². The van der Waals surface area contributed by atoms with Gasteiger partial charge < -0.3 is 45.0 Å². The second-order valence-electron chi connectivity index (χ2n) is 18.0. The number of nitrogens with one attached hydrogen (secondary N) is 7. The van der Waals surface area contributed by atoms with E-state index in [1.54, 1.807) is 0 Å². The van der Waals surface area contributed by atoms with Crippen molar-refractivity contribution in [3.05, 3.63) is 83.7 Å². The molecule has 3 aromatic rings. The summed E-state index contributed by atoms with van der Waals surface area (Å²) < 4.78 is 214. The maximum Gasteiger partial charge on any atom is 0.573 e. The van der Waals surface area contributed by atoms with Crippen LogP contribution in [0.15, 0.2) is 66.7 Å². The van der Waals surface area contributed by atoms with E-state index in [0.29, 0.717) is 31.9 Å². The molecule has 10 atom stereocenters. The first-order valence-electron chi connectivity index (χ1n) is 23.0. The highest BCUT2D eigenvalue weighted by Crippen LogP contribution is 2.62. The lowest BCUT2D eigenvalue weighted by molar-refractivity contribution is -0.422. The van der Waals surface area contributed by atoms with E-state index in [2.05, 4.69) is 46.7 Å². The number of benzene rings is 3. The maximum absolute atomic E-state index is 15.3. The third-order valence-electron chi connectivity index (χ3n) is 13.0. The number of piperidine rings is 3. The van der Waals surface area contributed by atoms with Gasteiger partial charge in [-0.2, -0.15) is 26.3 Å². The minimum atomic E-state index is -5.31. The third kappa shape index (κ3) is 12.5. The average molecular weight is 1060 g/mol. The molecule has 5 saturated heterocycles. The van der Waals surface area contributed by atoms with E-state index in [1.807, 2.05) is 0 Å².